The summed E-state index contributed by atoms with van der Waals surface area (Å²) in [5.41, 5.74) is 9.22. The first-order valence-corrected chi connectivity index (χ1v) is 14.9. The third kappa shape index (κ3) is 3.47. The fourth-order valence-corrected chi connectivity index (χ4v) is 7.29. The van der Waals surface area contributed by atoms with Crippen molar-refractivity contribution in [2.45, 2.75) is 19.3 Å². The zero-order valence-electron chi connectivity index (χ0n) is 24.1. The van der Waals surface area contributed by atoms with Crippen LogP contribution in [0, 0.1) is 0 Å². The number of aromatic nitrogens is 2. The predicted octanol–water partition coefficient (Wildman–Crippen LogP) is 10.7. The molecule has 202 valence electrons. The zero-order chi connectivity index (χ0) is 28.7. The van der Waals surface area contributed by atoms with Crippen molar-refractivity contribution in [3.63, 3.8) is 0 Å². The SMILES string of the molecule is CC1(C)c2cc(-c3nc(-c4ccccc4)c4ccccc4n3)ccc2-c2cc3c4ccccc4c4ccccc4c3cc21. The second-order valence-corrected chi connectivity index (χ2v) is 12.2. The molecule has 0 spiro atoms. The molecule has 1 aliphatic rings. The van der Waals surface area contributed by atoms with Gasteiger partial charge in [-0.3, -0.25) is 0 Å². The summed E-state index contributed by atoms with van der Waals surface area (Å²) in [7, 11) is 0. The Bertz CT molecular complexity index is 2420. The lowest BCUT2D eigenvalue weighted by Gasteiger charge is -2.23. The molecule has 0 atom stereocenters. The molecule has 0 N–H and O–H groups in total. The van der Waals surface area contributed by atoms with E-state index in [0.717, 1.165) is 33.5 Å². The monoisotopic (exact) mass is 548 g/mol. The van der Waals surface area contributed by atoms with Gasteiger partial charge in [-0.05, 0) is 78.8 Å². The van der Waals surface area contributed by atoms with Crippen LogP contribution in [0.4, 0.5) is 0 Å². The molecule has 7 aromatic carbocycles. The molecule has 1 aliphatic carbocycles. The first kappa shape index (κ1) is 24.3. The maximum Gasteiger partial charge on any atom is 0.160 e. The maximum atomic E-state index is 5.17. The fourth-order valence-electron chi connectivity index (χ4n) is 7.29. The van der Waals surface area contributed by atoms with Crippen LogP contribution in [0.2, 0.25) is 0 Å². The minimum absolute atomic E-state index is 0.166. The standard InChI is InChI=1S/C41H28N2/c1-41(2)36-22-26(40-42-38-19-11-10-18-32(38)39(43-40)25-12-4-3-5-13-25)20-21-31(36)35-23-33-29-16-8-6-14-27(29)28-15-7-9-17-30(28)34(33)24-37(35)41/h3-24H,1-2H3. The Morgan fingerprint density at radius 3 is 1.67 bits per heavy atom. The van der Waals surface area contributed by atoms with Gasteiger partial charge in [-0.2, -0.15) is 0 Å². The second-order valence-electron chi connectivity index (χ2n) is 12.2. The average Bonchev–Trinajstić information content (AvgIpc) is 3.29. The van der Waals surface area contributed by atoms with E-state index in [2.05, 4.69) is 141 Å². The Hall–Kier alpha value is -5.34. The van der Waals surface area contributed by atoms with E-state index in [0.29, 0.717) is 0 Å². The maximum absolute atomic E-state index is 5.17. The van der Waals surface area contributed by atoms with Crippen LogP contribution in [-0.2, 0) is 5.41 Å². The Morgan fingerprint density at radius 1 is 0.419 bits per heavy atom. The first-order chi connectivity index (χ1) is 21.1. The van der Waals surface area contributed by atoms with Crippen LogP contribution in [0.1, 0.15) is 25.0 Å². The molecular formula is C41H28N2. The van der Waals surface area contributed by atoms with E-state index in [1.54, 1.807) is 0 Å². The predicted molar refractivity (Wildman–Crippen MR) is 180 cm³/mol. The lowest BCUT2D eigenvalue weighted by Crippen LogP contribution is -2.15. The summed E-state index contributed by atoms with van der Waals surface area (Å²) in [5.74, 6) is 0.759. The topological polar surface area (TPSA) is 25.8 Å². The fraction of sp³-hybridized carbons (Fsp3) is 0.0732. The Morgan fingerprint density at radius 2 is 0.977 bits per heavy atom. The van der Waals surface area contributed by atoms with E-state index in [4.69, 9.17) is 9.97 Å². The van der Waals surface area contributed by atoms with E-state index in [1.165, 1.54) is 54.6 Å². The van der Waals surface area contributed by atoms with Gasteiger partial charge in [0.05, 0.1) is 11.2 Å². The number of para-hydroxylation sites is 1. The molecule has 2 heteroatoms. The van der Waals surface area contributed by atoms with Gasteiger partial charge in [0.25, 0.3) is 0 Å². The molecule has 0 unspecified atom stereocenters. The van der Waals surface area contributed by atoms with Crippen molar-refractivity contribution in [2.75, 3.05) is 0 Å². The summed E-state index contributed by atoms with van der Waals surface area (Å²) in [6.45, 7) is 4.71. The Kier molecular flexibility index (Phi) is 4.99. The van der Waals surface area contributed by atoms with Crippen LogP contribution in [0.15, 0.2) is 133 Å². The highest BCUT2D eigenvalue weighted by molar-refractivity contribution is 6.26. The highest BCUT2D eigenvalue weighted by Crippen LogP contribution is 2.52. The van der Waals surface area contributed by atoms with Crippen LogP contribution in [0.5, 0.6) is 0 Å². The minimum Gasteiger partial charge on any atom is -0.228 e. The summed E-state index contributed by atoms with van der Waals surface area (Å²) < 4.78 is 0. The van der Waals surface area contributed by atoms with Crippen molar-refractivity contribution in [3.05, 3.63) is 145 Å². The van der Waals surface area contributed by atoms with Gasteiger partial charge in [-0.1, -0.05) is 123 Å². The molecule has 0 aliphatic heterocycles. The van der Waals surface area contributed by atoms with Gasteiger partial charge in [0.2, 0.25) is 0 Å². The van der Waals surface area contributed by atoms with Gasteiger partial charge in [0.1, 0.15) is 0 Å². The highest BCUT2D eigenvalue weighted by atomic mass is 14.9. The molecule has 0 amide bonds. The highest BCUT2D eigenvalue weighted by Gasteiger charge is 2.36. The Labute approximate surface area is 250 Å². The van der Waals surface area contributed by atoms with Crippen LogP contribution in [0.25, 0.3) is 77.0 Å². The average molecular weight is 549 g/mol. The molecule has 2 nitrogen and oxygen atoms in total. The quantitative estimate of drug-likeness (QED) is 0.201. The van der Waals surface area contributed by atoms with Crippen LogP contribution in [0.3, 0.4) is 0 Å². The van der Waals surface area contributed by atoms with Crippen LogP contribution >= 0.6 is 0 Å². The normalized spacial score (nSPS) is 13.5. The number of hydrogen-bond donors (Lipinski definition) is 0. The number of fused-ring (bicyclic) bond motifs is 10. The molecule has 9 rings (SSSR count). The number of benzene rings is 7. The van der Waals surface area contributed by atoms with Gasteiger partial charge < -0.3 is 0 Å². The molecule has 8 aromatic rings. The van der Waals surface area contributed by atoms with Gasteiger partial charge in [0, 0.05) is 21.9 Å². The van der Waals surface area contributed by atoms with Gasteiger partial charge >= 0.3 is 0 Å². The Balaban J connectivity index is 1.27. The molecule has 1 aromatic heterocycles. The van der Waals surface area contributed by atoms with Gasteiger partial charge in [-0.25, -0.2) is 9.97 Å². The molecule has 0 saturated carbocycles. The van der Waals surface area contributed by atoms with Crippen molar-refractivity contribution < 1.29 is 0 Å². The third-order valence-corrected chi connectivity index (χ3v) is 9.45. The molecule has 0 fully saturated rings. The first-order valence-electron chi connectivity index (χ1n) is 14.9. The molecular weight excluding hydrogens is 520 g/mol. The van der Waals surface area contributed by atoms with Crippen molar-refractivity contribution in [1.82, 2.24) is 9.97 Å². The van der Waals surface area contributed by atoms with Crippen molar-refractivity contribution in [2.24, 2.45) is 0 Å². The van der Waals surface area contributed by atoms with E-state index in [-0.39, 0.29) is 5.41 Å². The largest absolute Gasteiger partial charge is 0.228 e. The third-order valence-electron chi connectivity index (χ3n) is 9.45. The van der Waals surface area contributed by atoms with E-state index in [9.17, 15) is 0 Å². The zero-order valence-corrected chi connectivity index (χ0v) is 24.1. The van der Waals surface area contributed by atoms with Crippen molar-refractivity contribution in [3.8, 4) is 33.8 Å². The summed E-state index contributed by atoms with van der Waals surface area (Å²) in [4.78, 5) is 10.2. The minimum atomic E-state index is -0.166. The van der Waals surface area contributed by atoms with E-state index < -0.39 is 0 Å². The van der Waals surface area contributed by atoms with Gasteiger partial charge in [0.15, 0.2) is 5.82 Å². The van der Waals surface area contributed by atoms with E-state index in [1.807, 2.05) is 6.07 Å². The van der Waals surface area contributed by atoms with Crippen molar-refractivity contribution in [1.29, 1.82) is 0 Å². The molecule has 0 radical (unpaired) electrons. The van der Waals surface area contributed by atoms with Gasteiger partial charge in [-0.15, -0.1) is 0 Å². The summed E-state index contributed by atoms with van der Waals surface area (Å²) >= 11 is 0. The lowest BCUT2D eigenvalue weighted by molar-refractivity contribution is 0.661. The molecule has 0 bridgehead atoms. The van der Waals surface area contributed by atoms with Crippen LogP contribution < -0.4 is 0 Å². The summed E-state index contributed by atoms with van der Waals surface area (Å²) in [6, 6.07) is 48.1. The number of hydrogen-bond acceptors (Lipinski definition) is 2. The molecule has 1 heterocycles. The molecule has 43 heavy (non-hydrogen) atoms. The smallest absolute Gasteiger partial charge is 0.160 e. The summed E-state index contributed by atoms with van der Waals surface area (Å²) in [5, 5.41) is 8.93. The molecule has 0 saturated heterocycles. The van der Waals surface area contributed by atoms with E-state index >= 15 is 0 Å². The lowest BCUT2D eigenvalue weighted by atomic mass is 9.80. The summed E-state index contributed by atoms with van der Waals surface area (Å²) in [6.07, 6.45) is 0. The number of nitrogens with zero attached hydrogens (tertiary/aromatic N) is 2. The van der Waals surface area contributed by atoms with Crippen LogP contribution in [-0.4, -0.2) is 9.97 Å². The second kappa shape index (κ2) is 8.83. The number of rotatable bonds is 2. The van der Waals surface area contributed by atoms with Crippen molar-refractivity contribution >= 4 is 43.2 Å².